The molecular formula is C9H9FO3. The van der Waals surface area contributed by atoms with E-state index in [1.54, 1.807) is 0 Å². The Hall–Kier alpha value is -1.58. The van der Waals surface area contributed by atoms with E-state index in [4.69, 9.17) is 0 Å². The predicted molar refractivity (Wildman–Crippen MR) is 44.4 cm³/mol. The molecule has 3 nitrogen and oxygen atoms in total. The minimum Gasteiger partial charge on any atom is -0.465 e. The number of benzene rings is 1. The molecule has 0 aliphatic rings. The molecule has 0 atom stereocenters. The molecule has 0 amide bonds. The number of esters is 1. The molecule has 0 heterocycles. The summed E-state index contributed by atoms with van der Waals surface area (Å²) in [6.45, 7) is -0.877. The van der Waals surface area contributed by atoms with Crippen molar-refractivity contribution in [1.29, 1.82) is 0 Å². The van der Waals surface area contributed by atoms with Crippen molar-refractivity contribution in [2.45, 2.75) is 0 Å². The van der Waals surface area contributed by atoms with Gasteiger partial charge in [-0.25, -0.2) is 9.18 Å². The first-order valence-corrected chi connectivity index (χ1v) is 3.65. The lowest BCUT2D eigenvalue weighted by atomic mass is 10.2. The van der Waals surface area contributed by atoms with Gasteiger partial charge in [-0.05, 0) is 24.3 Å². The van der Waals surface area contributed by atoms with Crippen molar-refractivity contribution in [2.75, 3.05) is 14.0 Å². The molecule has 1 rings (SSSR count). The quantitative estimate of drug-likeness (QED) is 0.671. The summed E-state index contributed by atoms with van der Waals surface area (Å²) in [4.78, 5) is 10.9. The number of carbonyl (C=O) groups excluding carboxylic acids is 1. The van der Waals surface area contributed by atoms with Gasteiger partial charge in [0.05, 0.1) is 12.7 Å². The average Bonchev–Trinajstić information content (AvgIpc) is 2.18. The van der Waals surface area contributed by atoms with Gasteiger partial charge in [-0.3, -0.25) is 0 Å². The normalized spacial score (nSPS) is 9.38. The van der Waals surface area contributed by atoms with E-state index in [0.29, 0.717) is 11.3 Å². The van der Waals surface area contributed by atoms with E-state index in [0.717, 1.165) is 0 Å². The molecule has 0 spiro atoms. The van der Waals surface area contributed by atoms with Gasteiger partial charge < -0.3 is 9.47 Å². The molecule has 0 radical (unpaired) electrons. The van der Waals surface area contributed by atoms with Crippen molar-refractivity contribution in [2.24, 2.45) is 0 Å². The van der Waals surface area contributed by atoms with Gasteiger partial charge in [0, 0.05) is 0 Å². The standard InChI is InChI=1S/C9H9FO3/c1-12-9(11)7-2-4-8(5-3-7)13-6-10/h2-5H,6H2,1H3. The van der Waals surface area contributed by atoms with Crippen LogP contribution in [0.2, 0.25) is 0 Å². The zero-order valence-electron chi connectivity index (χ0n) is 7.12. The first-order chi connectivity index (χ1) is 6.27. The third-order valence-electron chi connectivity index (χ3n) is 1.50. The molecule has 1 aromatic rings. The maximum Gasteiger partial charge on any atom is 0.337 e. The van der Waals surface area contributed by atoms with E-state index in [1.807, 2.05) is 0 Å². The van der Waals surface area contributed by atoms with Crippen LogP contribution in [0.1, 0.15) is 10.4 Å². The summed E-state index contributed by atoms with van der Waals surface area (Å²) < 4.78 is 20.7. The van der Waals surface area contributed by atoms with Crippen LogP contribution in [0.25, 0.3) is 0 Å². The van der Waals surface area contributed by atoms with Gasteiger partial charge in [0.2, 0.25) is 6.86 Å². The number of methoxy groups -OCH3 is 1. The molecular weight excluding hydrogens is 175 g/mol. The fraction of sp³-hybridized carbons (Fsp3) is 0.222. The second-order valence-electron chi connectivity index (χ2n) is 2.27. The Bertz CT molecular complexity index is 281. The fourth-order valence-corrected chi connectivity index (χ4v) is 0.868. The summed E-state index contributed by atoms with van der Waals surface area (Å²) in [6.07, 6.45) is 0. The summed E-state index contributed by atoms with van der Waals surface area (Å²) in [7, 11) is 1.30. The lowest BCUT2D eigenvalue weighted by Crippen LogP contribution is -2.00. The van der Waals surface area contributed by atoms with Crippen LogP contribution in [0.5, 0.6) is 5.75 Å². The van der Waals surface area contributed by atoms with Crippen molar-refractivity contribution in [3.05, 3.63) is 29.8 Å². The lowest BCUT2D eigenvalue weighted by Gasteiger charge is -2.01. The molecule has 0 unspecified atom stereocenters. The third-order valence-corrected chi connectivity index (χ3v) is 1.50. The zero-order valence-corrected chi connectivity index (χ0v) is 7.12. The number of hydrogen-bond acceptors (Lipinski definition) is 3. The number of carbonyl (C=O) groups is 1. The van der Waals surface area contributed by atoms with Gasteiger partial charge in [0.25, 0.3) is 0 Å². The first kappa shape index (κ1) is 9.51. The summed E-state index contributed by atoms with van der Waals surface area (Å²) in [5.41, 5.74) is 0.411. The van der Waals surface area contributed by atoms with Gasteiger partial charge in [-0.2, -0.15) is 0 Å². The number of halogens is 1. The van der Waals surface area contributed by atoms with Crippen LogP contribution in [-0.2, 0) is 4.74 Å². The fourth-order valence-electron chi connectivity index (χ4n) is 0.868. The largest absolute Gasteiger partial charge is 0.465 e. The molecule has 0 bridgehead atoms. The highest BCUT2D eigenvalue weighted by Crippen LogP contribution is 2.12. The van der Waals surface area contributed by atoms with E-state index >= 15 is 0 Å². The van der Waals surface area contributed by atoms with Crippen LogP contribution in [0.15, 0.2) is 24.3 Å². The minimum atomic E-state index is -0.877. The number of ether oxygens (including phenoxy) is 2. The maximum absolute atomic E-state index is 11.7. The Kier molecular flexibility index (Phi) is 3.25. The first-order valence-electron chi connectivity index (χ1n) is 3.65. The van der Waals surface area contributed by atoms with Gasteiger partial charge >= 0.3 is 5.97 Å². The van der Waals surface area contributed by atoms with E-state index in [1.165, 1.54) is 31.4 Å². The summed E-state index contributed by atoms with van der Waals surface area (Å²) in [6, 6.07) is 6.03. The second kappa shape index (κ2) is 4.45. The summed E-state index contributed by atoms with van der Waals surface area (Å²) in [5.74, 6) is -0.0399. The Morgan fingerprint density at radius 1 is 1.38 bits per heavy atom. The summed E-state index contributed by atoms with van der Waals surface area (Å²) in [5, 5.41) is 0. The third kappa shape index (κ3) is 2.43. The monoisotopic (exact) mass is 184 g/mol. The number of hydrogen-bond donors (Lipinski definition) is 0. The number of alkyl halides is 1. The van der Waals surface area contributed by atoms with Crippen molar-refractivity contribution < 1.29 is 18.7 Å². The van der Waals surface area contributed by atoms with Gasteiger partial charge in [-0.15, -0.1) is 0 Å². The van der Waals surface area contributed by atoms with Crippen LogP contribution in [0, 0.1) is 0 Å². The highest BCUT2D eigenvalue weighted by molar-refractivity contribution is 5.89. The van der Waals surface area contributed by atoms with E-state index < -0.39 is 12.8 Å². The molecule has 1 aromatic carbocycles. The molecule has 0 N–H and O–H groups in total. The Balaban J connectivity index is 2.75. The zero-order chi connectivity index (χ0) is 9.68. The summed E-state index contributed by atoms with van der Waals surface area (Å²) >= 11 is 0. The predicted octanol–water partition coefficient (Wildman–Crippen LogP) is 1.78. The van der Waals surface area contributed by atoms with Crippen molar-refractivity contribution >= 4 is 5.97 Å². The molecule has 0 aliphatic carbocycles. The molecule has 70 valence electrons. The van der Waals surface area contributed by atoms with Gasteiger partial charge in [0.1, 0.15) is 5.75 Å². The molecule has 13 heavy (non-hydrogen) atoms. The lowest BCUT2D eigenvalue weighted by molar-refractivity contribution is 0.0600. The molecule has 0 fully saturated rings. The van der Waals surface area contributed by atoms with Gasteiger partial charge in [0.15, 0.2) is 0 Å². The minimum absolute atomic E-state index is 0.384. The highest BCUT2D eigenvalue weighted by Gasteiger charge is 2.03. The van der Waals surface area contributed by atoms with Crippen molar-refractivity contribution in [3.63, 3.8) is 0 Å². The van der Waals surface area contributed by atoms with Crippen LogP contribution in [-0.4, -0.2) is 19.9 Å². The van der Waals surface area contributed by atoms with E-state index in [9.17, 15) is 9.18 Å². The van der Waals surface area contributed by atoms with Crippen LogP contribution in [0.3, 0.4) is 0 Å². The maximum atomic E-state index is 11.7. The molecule has 0 saturated heterocycles. The average molecular weight is 184 g/mol. The Morgan fingerprint density at radius 3 is 2.46 bits per heavy atom. The topological polar surface area (TPSA) is 35.5 Å². The van der Waals surface area contributed by atoms with Crippen LogP contribution >= 0.6 is 0 Å². The van der Waals surface area contributed by atoms with Crippen molar-refractivity contribution in [3.8, 4) is 5.75 Å². The Morgan fingerprint density at radius 2 is 2.00 bits per heavy atom. The van der Waals surface area contributed by atoms with E-state index in [-0.39, 0.29) is 0 Å². The molecule has 0 saturated carbocycles. The van der Waals surface area contributed by atoms with Crippen LogP contribution in [0.4, 0.5) is 4.39 Å². The molecule has 4 heteroatoms. The SMILES string of the molecule is COC(=O)c1ccc(OCF)cc1. The molecule has 0 aliphatic heterocycles. The molecule has 0 aromatic heterocycles. The highest BCUT2D eigenvalue weighted by atomic mass is 19.1. The Labute approximate surface area is 75.1 Å². The smallest absolute Gasteiger partial charge is 0.337 e. The van der Waals surface area contributed by atoms with Gasteiger partial charge in [-0.1, -0.05) is 0 Å². The second-order valence-corrected chi connectivity index (χ2v) is 2.27. The van der Waals surface area contributed by atoms with Crippen LogP contribution < -0.4 is 4.74 Å². The van der Waals surface area contributed by atoms with Crippen molar-refractivity contribution in [1.82, 2.24) is 0 Å². The number of rotatable bonds is 3. The van der Waals surface area contributed by atoms with E-state index in [2.05, 4.69) is 9.47 Å².